The summed E-state index contributed by atoms with van der Waals surface area (Å²) >= 11 is 5.65. The fourth-order valence-electron chi connectivity index (χ4n) is 1.11. The number of carbonyl (C=O) groups is 2. The van der Waals surface area contributed by atoms with Gasteiger partial charge in [-0.1, -0.05) is 17.7 Å². The molecule has 1 rings (SSSR count). The molecule has 0 aliphatic rings. The number of halogens is 4. The molecule has 104 valence electrons. The predicted molar refractivity (Wildman–Crippen MR) is 59.4 cm³/mol. The van der Waals surface area contributed by atoms with Crippen molar-refractivity contribution in [2.45, 2.75) is 6.18 Å². The molecule has 0 unspecified atom stereocenters. The minimum Gasteiger partial charge on any atom is -0.478 e. The number of carboxylic acid groups (broad SMARTS) is 1. The standard InChI is InChI=1S/C10H7ClF3NO4/c11-6-3-1-2-5(8(16)17)7(6)15-9(18)19-4-10(12,13)14/h1-3H,4H2,(H,15,18)(H,16,17). The second-order valence-electron chi connectivity index (χ2n) is 3.28. The second kappa shape index (κ2) is 5.79. The van der Waals surface area contributed by atoms with E-state index < -0.39 is 24.8 Å². The molecule has 0 spiro atoms. The van der Waals surface area contributed by atoms with Crippen LogP contribution in [-0.2, 0) is 4.74 Å². The molecule has 1 aromatic carbocycles. The molecule has 9 heteroatoms. The lowest BCUT2D eigenvalue weighted by atomic mass is 10.2. The molecule has 2 N–H and O–H groups in total. The van der Waals surface area contributed by atoms with E-state index in [1.165, 1.54) is 12.1 Å². The van der Waals surface area contributed by atoms with Crippen molar-refractivity contribution >= 4 is 29.4 Å². The summed E-state index contributed by atoms with van der Waals surface area (Å²) < 4.78 is 39.3. The Kier molecular flexibility index (Phi) is 4.60. The Hall–Kier alpha value is -1.96. The van der Waals surface area contributed by atoms with Crippen LogP contribution in [0.25, 0.3) is 0 Å². The molecule has 0 atom stereocenters. The third-order valence-corrected chi connectivity index (χ3v) is 2.15. The minimum atomic E-state index is -4.67. The molecular weight excluding hydrogens is 291 g/mol. The number of hydrogen-bond donors (Lipinski definition) is 2. The van der Waals surface area contributed by atoms with Crippen molar-refractivity contribution in [2.75, 3.05) is 11.9 Å². The average molecular weight is 298 g/mol. The van der Waals surface area contributed by atoms with Gasteiger partial charge < -0.3 is 9.84 Å². The first kappa shape index (κ1) is 15.1. The first-order chi connectivity index (χ1) is 8.70. The molecule has 0 saturated carbocycles. The van der Waals surface area contributed by atoms with Crippen LogP contribution in [0.1, 0.15) is 10.4 Å². The summed E-state index contributed by atoms with van der Waals surface area (Å²) in [7, 11) is 0. The Morgan fingerprint density at radius 3 is 2.53 bits per heavy atom. The van der Waals surface area contributed by atoms with Crippen molar-refractivity contribution in [3.8, 4) is 0 Å². The fourth-order valence-corrected chi connectivity index (χ4v) is 1.34. The van der Waals surface area contributed by atoms with Crippen LogP contribution < -0.4 is 5.32 Å². The first-order valence-electron chi connectivity index (χ1n) is 4.73. The Labute approximate surface area is 109 Å². The number of ether oxygens (including phenoxy) is 1. The maximum Gasteiger partial charge on any atom is 0.422 e. The Morgan fingerprint density at radius 2 is 2.00 bits per heavy atom. The Bertz CT molecular complexity index is 504. The number of nitrogens with one attached hydrogen (secondary N) is 1. The maximum absolute atomic E-state index is 11.8. The molecule has 0 saturated heterocycles. The molecule has 0 heterocycles. The highest BCUT2D eigenvalue weighted by Gasteiger charge is 2.30. The van der Waals surface area contributed by atoms with Crippen LogP contribution in [0, 0.1) is 0 Å². The number of carbonyl (C=O) groups excluding carboxylic acids is 1. The van der Waals surface area contributed by atoms with E-state index in [2.05, 4.69) is 4.74 Å². The smallest absolute Gasteiger partial charge is 0.422 e. The monoisotopic (exact) mass is 297 g/mol. The quantitative estimate of drug-likeness (QED) is 0.898. The summed E-state index contributed by atoms with van der Waals surface area (Å²) in [5.41, 5.74) is -0.694. The van der Waals surface area contributed by atoms with E-state index in [4.69, 9.17) is 16.7 Å². The van der Waals surface area contributed by atoms with Gasteiger partial charge in [-0.05, 0) is 12.1 Å². The molecule has 1 amide bonds. The van der Waals surface area contributed by atoms with Crippen LogP contribution in [0.4, 0.5) is 23.7 Å². The molecule has 5 nitrogen and oxygen atoms in total. The highest BCUT2D eigenvalue weighted by atomic mass is 35.5. The van der Waals surface area contributed by atoms with Crippen molar-refractivity contribution in [1.29, 1.82) is 0 Å². The van der Waals surface area contributed by atoms with Gasteiger partial charge in [0.05, 0.1) is 16.3 Å². The van der Waals surface area contributed by atoms with Gasteiger partial charge in [-0.15, -0.1) is 0 Å². The zero-order valence-electron chi connectivity index (χ0n) is 9.12. The van der Waals surface area contributed by atoms with Crippen LogP contribution in [0.2, 0.25) is 5.02 Å². The van der Waals surface area contributed by atoms with E-state index in [1.807, 2.05) is 5.32 Å². The molecule has 0 aromatic heterocycles. The molecule has 19 heavy (non-hydrogen) atoms. The molecule has 0 bridgehead atoms. The summed E-state index contributed by atoms with van der Waals surface area (Å²) in [6.07, 6.45) is -6.12. The number of aromatic carboxylic acids is 1. The van der Waals surface area contributed by atoms with Crippen LogP contribution in [-0.4, -0.2) is 30.0 Å². The Balaban J connectivity index is 2.82. The largest absolute Gasteiger partial charge is 0.478 e. The van der Waals surface area contributed by atoms with E-state index in [-0.39, 0.29) is 16.3 Å². The van der Waals surface area contributed by atoms with E-state index in [0.29, 0.717) is 0 Å². The lowest BCUT2D eigenvalue weighted by Crippen LogP contribution is -2.24. The molecule has 0 aliphatic heterocycles. The van der Waals surface area contributed by atoms with Crippen molar-refractivity contribution in [3.63, 3.8) is 0 Å². The molecule has 0 fully saturated rings. The molecule has 0 aliphatic carbocycles. The van der Waals surface area contributed by atoms with E-state index in [9.17, 15) is 22.8 Å². The van der Waals surface area contributed by atoms with Crippen LogP contribution in [0.3, 0.4) is 0 Å². The topological polar surface area (TPSA) is 75.6 Å². The third-order valence-electron chi connectivity index (χ3n) is 1.84. The van der Waals surface area contributed by atoms with Gasteiger partial charge in [0.2, 0.25) is 0 Å². The summed E-state index contributed by atoms with van der Waals surface area (Å²) in [4.78, 5) is 21.9. The van der Waals surface area contributed by atoms with Crippen molar-refractivity contribution in [1.82, 2.24) is 0 Å². The van der Waals surface area contributed by atoms with Crippen molar-refractivity contribution in [2.24, 2.45) is 0 Å². The van der Waals surface area contributed by atoms with E-state index >= 15 is 0 Å². The zero-order chi connectivity index (χ0) is 14.6. The molecule has 1 aromatic rings. The number of amides is 1. The summed E-state index contributed by atoms with van der Waals surface area (Å²) in [5.74, 6) is -1.39. The van der Waals surface area contributed by atoms with Gasteiger partial charge in [-0.2, -0.15) is 13.2 Å². The third kappa shape index (κ3) is 4.66. The van der Waals surface area contributed by atoms with Gasteiger partial charge >= 0.3 is 18.2 Å². The number of anilines is 1. The van der Waals surface area contributed by atoms with Crippen molar-refractivity contribution in [3.05, 3.63) is 28.8 Å². The van der Waals surface area contributed by atoms with Crippen molar-refractivity contribution < 1.29 is 32.6 Å². The number of alkyl halides is 3. The normalized spacial score (nSPS) is 10.9. The van der Waals surface area contributed by atoms with Gasteiger partial charge in [-0.3, -0.25) is 5.32 Å². The van der Waals surface area contributed by atoms with Gasteiger partial charge in [0, 0.05) is 0 Å². The van der Waals surface area contributed by atoms with Crippen LogP contribution >= 0.6 is 11.6 Å². The molecule has 0 radical (unpaired) electrons. The number of benzene rings is 1. The summed E-state index contributed by atoms with van der Waals surface area (Å²) in [5, 5.41) is 10.6. The highest BCUT2D eigenvalue weighted by molar-refractivity contribution is 6.34. The first-order valence-corrected chi connectivity index (χ1v) is 5.11. The average Bonchev–Trinajstić information content (AvgIpc) is 2.28. The summed E-state index contributed by atoms with van der Waals surface area (Å²) in [6.45, 7) is -1.79. The number of carboxylic acids is 1. The predicted octanol–water partition coefficient (Wildman–Crippen LogP) is 3.15. The van der Waals surface area contributed by atoms with Gasteiger partial charge in [-0.25, -0.2) is 9.59 Å². The minimum absolute atomic E-state index is 0.135. The number of hydrogen-bond acceptors (Lipinski definition) is 3. The molecular formula is C10H7ClF3NO4. The highest BCUT2D eigenvalue weighted by Crippen LogP contribution is 2.26. The summed E-state index contributed by atoms with van der Waals surface area (Å²) in [6, 6.07) is 3.72. The van der Waals surface area contributed by atoms with Gasteiger partial charge in [0.15, 0.2) is 6.61 Å². The Morgan fingerprint density at radius 1 is 1.37 bits per heavy atom. The lowest BCUT2D eigenvalue weighted by molar-refractivity contribution is -0.159. The fraction of sp³-hybridized carbons (Fsp3) is 0.200. The zero-order valence-corrected chi connectivity index (χ0v) is 9.88. The number of rotatable bonds is 3. The van der Waals surface area contributed by atoms with Crippen LogP contribution in [0.15, 0.2) is 18.2 Å². The SMILES string of the molecule is O=C(Nc1c(Cl)cccc1C(=O)O)OCC(F)(F)F. The number of para-hydroxylation sites is 1. The van der Waals surface area contributed by atoms with Gasteiger partial charge in [0.1, 0.15) is 0 Å². The maximum atomic E-state index is 11.8. The van der Waals surface area contributed by atoms with E-state index in [0.717, 1.165) is 6.07 Å². The second-order valence-corrected chi connectivity index (χ2v) is 3.69. The van der Waals surface area contributed by atoms with E-state index in [1.54, 1.807) is 0 Å². The van der Waals surface area contributed by atoms with Gasteiger partial charge in [0.25, 0.3) is 0 Å². The lowest BCUT2D eigenvalue weighted by Gasteiger charge is -2.11. The van der Waals surface area contributed by atoms with Crippen LogP contribution in [0.5, 0.6) is 0 Å².